The lowest BCUT2D eigenvalue weighted by Gasteiger charge is -2.31. The highest BCUT2D eigenvalue weighted by molar-refractivity contribution is 7.99. The highest BCUT2D eigenvalue weighted by Gasteiger charge is 2.45. The van der Waals surface area contributed by atoms with Crippen molar-refractivity contribution in [3.63, 3.8) is 0 Å². The van der Waals surface area contributed by atoms with Crippen molar-refractivity contribution in [1.82, 2.24) is 110 Å². The van der Waals surface area contributed by atoms with Gasteiger partial charge in [0.15, 0.2) is 5.96 Å². The van der Waals surface area contributed by atoms with E-state index in [1.54, 1.807) is 80.7 Å². The zero-order valence-electron chi connectivity index (χ0n) is 80.6. The summed E-state index contributed by atoms with van der Waals surface area (Å²) in [5, 5.41) is 111. The molecule has 0 spiro atoms. The number of H-pyrrole nitrogens is 1. The van der Waals surface area contributed by atoms with Crippen LogP contribution in [0.2, 0.25) is 0 Å². The Balaban J connectivity index is 0.988. The lowest BCUT2D eigenvalue weighted by molar-refractivity contribution is -0.144. The number of carboxylic acids is 2. The quantitative estimate of drug-likeness (QED) is 0.0116. The molecule has 51 nitrogen and oxygen atoms in total. The monoisotopic (exact) mass is 2100 g/mol. The summed E-state index contributed by atoms with van der Waals surface area (Å²) in [5.74, 6) is -24.2. The van der Waals surface area contributed by atoms with E-state index in [1.165, 1.54) is 25.6 Å². The van der Waals surface area contributed by atoms with E-state index < -0.39 is 296 Å². The third kappa shape index (κ3) is 36.0. The number of aliphatic hydroxyl groups is 4. The molecule has 4 bridgehead atoms. The normalized spacial score (nSPS) is 22.6. The van der Waals surface area contributed by atoms with Crippen molar-refractivity contribution in [3.05, 3.63) is 95.2 Å². The summed E-state index contributed by atoms with van der Waals surface area (Å²) in [6.45, 7) is 4.39. The Morgan fingerprint density at radius 3 is 1.57 bits per heavy atom. The van der Waals surface area contributed by atoms with Crippen LogP contribution in [-0.2, 0) is 125 Å². The Hall–Kier alpha value is -13.1. The van der Waals surface area contributed by atoms with Gasteiger partial charge in [-0.2, -0.15) is 47.0 Å². The number of nitrogens with zero attached hydrogens (tertiary/aromatic N) is 4. The van der Waals surface area contributed by atoms with Gasteiger partial charge in [-0.3, -0.25) is 106 Å². The van der Waals surface area contributed by atoms with Gasteiger partial charge >= 0.3 is 11.9 Å². The van der Waals surface area contributed by atoms with Crippen LogP contribution in [0, 0.1) is 17.2 Å². The summed E-state index contributed by atoms with van der Waals surface area (Å²) in [7, 11) is 0. The summed E-state index contributed by atoms with van der Waals surface area (Å²) < 4.78 is 0. The van der Waals surface area contributed by atoms with Crippen molar-refractivity contribution in [2.24, 2.45) is 29.0 Å². The number of carbonyl (C=O) groups excluding carboxylic acids is 18. The number of thioether (sulfide) groups is 4. The van der Waals surface area contributed by atoms with Crippen LogP contribution in [0.5, 0.6) is 0 Å². The maximum absolute atomic E-state index is 15.5. The first kappa shape index (κ1) is 117. The number of nitrogens with two attached hydrogens (primary N) is 3. The number of guanidine groups is 1. The largest absolute Gasteiger partial charge is 0.481 e. The first-order valence-corrected chi connectivity index (χ1v) is 51.5. The fraction of sp³-hybridized carbons (Fsp3) is 0.567. The molecule has 7 heterocycles. The number of amides is 18. The number of primary amides is 1. The smallest absolute Gasteiger partial charge is 0.326 e. The van der Waals surface area contributed by atoms with E-state index in [-0.39, 0.29) is 105 Å². The fourth-order valence-corrected chi connectivity index (χ4v) is 19.7. The van der Waals surface area contributed by atoms with E-state index in [2.05, 4.69) is 95.0 Å². The van der Waals surface area contributed by atoms with E-state index in [9.17, 15) is 107 Å². The number of rotatable bonds is 35. The Morgan fingerprint density at radius 2 is 1.03 bits per heavy atom. The molecular weight excluding hydrogens is 1980 g/mol. The fourth-order valence-electron chi connectivity index (χ4n) is 15.9. The van der Waals surface area contributed by atoms with Gasteiger partial charge in [-0.25, -0.2) is 4.79 Å². The van der Waals surface area contributed by atoms with E-state index in [1.807, 2.05) is 0 Å². The van der Waals surface area contributed by atoms with Gasteiger partial charge in [0.2, 0.25) is 106 Å². The highest BCUT2D eigenvalue weighted by Crippen LogP contribution is 2.28. The van der Waals surface area contributed by atoms with Gasteiger partial charge in [0.1, 0.15) is 96.7 Å². The number of carbonyl (C=O) groups is 20. The molecule has 18 amide bonds. The highest BCUT2D eigenvalue weighted by atomic mass is 32.2. The van der Waals surface area contributed by atoms with Crippen molar-refractivity contribution >= 4 is 182 Å². The Labute approximate surface area is 850 Å². The summed E-state index contributed by atoms with van der Waals surface area (Å²) in [4.78, 5) is 296. The molecule has 0 aliphatic carbocycles. The average molecular weight is 2110 g/mol. The maximum Gasteiger partial charge on any atom is 0.326 e. The van der Waals surface area contributed by atoms with Gasteiger partial charge in [0.05, 0.1) is 67.7 Å². The number of nitrogens with one attached hydrogen (secondary N) is 18. The summed E-state index contributed by atoms with van der Waals surface area (Å²) in [6.07, 6.45) is -4.34. The molecule has 0 saturated carbocycles. The van der Waals surface area contributed by atoms with Crippen LogP contribution in [0.3, 0.4) is 0 Å². The maximum atomic E-state index is 15.5. The minimum Gasteiger partial charge on any atom is -0.481 e. The lowest BCUT2D eigenvalue weighted by atomic mass is 10.0. The van der Waals surface area contributed by atoms with Crippen LogP contribution in [0.15, 0.2) is 66.9 Å². The number of hydrogen-bond acceptors (Lipinski definition) is 32. The topological polar surface area (TPSA) is 805 Å². The van der Waals surface area contributed by atoms with Crippen molar-refractivity contribution in [2.45, 2.75) is 238 Å². The van der Waals surface area contributed by atoms with Gasteiger partial charge in [0, 0.05) is 95.6 Å². The SMILES string of the molecule is CC(C)[C@H](NC(=O)[C@H]1CSCc2cccc(n2)CSC[C@@H](NC(=O)[C@H](CO)NC(=O)CNC(=O)[C@@H]2CCCN2C(=O)[C@@H](NC(=O)[C@H](CO)NC(=O)[C@H](CC(=O)O)NC(=O)[C@@H]2CSCc3cccc(n3)CSC[C@H](NC(=O)CN)C(=O)N[C@@H]([C@@H](C)O)C(=O)N[C@@H](CCCNC(=N)N)C(=O)N[C@@H](CCC(N)=O)C(=O)N[C@@H](Cc3c[nH]c4ccccc34)C(=O)N3CCC[C@H]3C(=O)N2)C(C)C)C(=O)N[C@@H]([C@@H](C)O)C(=O)N1)C(=O)O. The van der Waals surface area contributed by atoms with Crippen LogP contribution in [0.1, 0.15) is 128 Å². The average Bonchev–Trinajstić information content (AvgIpc) is 1.67. The van der Waals surface area contributed by atoms with Crippen LogP contribution in [-0.4, -0.2) is 357 Å². The van der Waals surface area contributed by atoms with Crippen molar-refractivity contribution in [2.75, 3.05) is 68.9 Å². The number of pyridine rings is 2. The third-order valence-corrected chi connectivity index (χ3v) is 27.9. The van der Waals surface area contributed by atoms with Crippen molar-refractivity contribution in [3.8, 4) is 0 Å². The van der Waals surface area contributed by atoms with Crippen LogP contribution >= 0.6 is 47.0 Å². The molecule has 145 heavy (non-hydrogen) atoms. The van der Waals surface area contributed by atoms with E-state index >= 15 is 19.2 Å². The van der Waals surface area contributed by atoms with Gasteiger partial charge in [0.25, 0.3) is 0 Å². The predicted octanol–water partition coefficient (Wildman–Crippen LogP) is -8.15. The number of para-hydroxylation sites is 1. The minimum atomic E-state index is -2.13. The Bertz CT molecular complexity index is 5310. The zero-order valence-corrected chi connectivity index (χ0v) is 83.8. The number of hydrogen-bond donors (Lipinski definition) is 27. The van der Waals surface area contributed by atoms with E-state index in [0.717, 1.165) is 58.9 Å². The molecule has 4 aliphatic rings. The molecule has 2 saturated heterocycles. The molecule has 1 aromatic carbocycles. The van der Waals surface area contributed by atoms with Gasteiger partial charge in [-0.05, 0) is 107 Å². The molecule has 30 N–H and O–H groups in total. The second kappa shape index (κ2) is 57.6. The molecule has 3 aromatic heterocycles. The van der Waals surface area contributed by atoms with Gasteiger partial charge in [-0.15, -0.1) is 0 Å². The molecule has 8 rings (SSSR count). The van der Waals surface area contributed by atoms with Crippen LogP contribution in [0.4, 0.5) is 0 Å². The molecule has 794 valence electrons. The number of aliphatic hydroxyl groups excluding tert-OH is 4. The first-order chi connectivity index (χ1) is 68.9. The van der Waals surface area contributed by atoms with E-state index in [4.69, 9.17) is 27.6 Å². The molecule has 4 aromatic rings. The van der Waals surface area contributed by atoms with E-state index in [0.29, 0.717) is 39.2 Å². The van der Waals surface area contributed by atoms with Crippen molar-refractivity contribution in [1.29, 1.82) is 5.41 Å². The summed E-state index contributed by atoms with van der Waals surface area (Å²) in [5.41, 5.74) is 19.7. The standard InChI is InChI=1S/C90H129N25O26S4/c1-43(2)70(88(139)115-27-12-21-64(115)83(134)97-32-68(122)100-58(33-116)77(128)107-62-41-144-37-50-16-10-17-51(99-50)38-145-42-63(81(132)111-71(44(3)4)89(140)141)109-86(137)73(46(6)119)113-82(62)133)110-78(129)59(34-117)106-76(127)56(29-69(123)124)104-79(130)61-40-143-36-49-15-9-14-48(98-49)35-142-39-60(101-67(121)30-91)80(131)112-72(45(5)118)85(136)103-54(20-11-25-95-90(93)94)74(125)102-55(23-24-66(92)120)75(126)105-57(28-47-31-96-53-19-8-7-18-52(47)53)87(138)114-26-13-22-65(114)84(135)108-61/h7-10,14-19,31,43-46,54-65,70-73,96,116-119H,11-13,20-30,32-42,91H2,1-6H3,(H2,92,120)(H,97,134)(H,100,122)(H,101,121)(H,102,125)(H,103,136)(H,104,130)(H,105,126)(H,106,127)(H,107,128)(H,108,135)(H,109,137)(H,110,129)(H,111,132)(H,112,131)(H,113,133)(H,123,124)(H,140,141)(H4,93,94,95)/t45-,46-,54+,55+,56+,57+,58+,59+,60+,61+,62-,63-,64+,65+,70+,71+,72+,73+/m1/s1. The second-order valence-corrected chi connectivity index (χ2v) is 39.7. The number of benzene rings is 1. The molecule has 18 atom stereocenters. The van der Waals surface area contributed by atoms with Gasteiger partial charge < -0.3 is 148 Å². The van der Waals surface area contributed by atoms with Crippen LogP contribution < -0.4 is 102 Å². The molecule has 2 fully saturated rings. The Morgan fingerprint density at radius 1 is 0.524 bits per heavy atom. The number of carboxylic acid groups (broad SMARTS) is 2. The first-order valence-electron chi connectivity index (χ1n) is 46.9. The third-order valence-electron chi connectivity index (χ3n) is 23.6. The lowest BCUT2D eigenvalue weighted by Crippen LogP contribution is -2.62. The summed E-state index contributed by atoms with van der Waals surface area (Å²) in [6, 6.07) is -9.56. The van der Waals surface area contributed by atoms with Crippen molar-refractivity contribution < 1.29 is 127 Å². The number of aromatic amines is 1. The number of aromatic nitrogens is 3. The number of likely N-dealkylation sites (tertiary alicyclic amines) is 1. The summed E-state index contributed by atoms with van der Waals surface area (Å²) >= 11 is 4.37. The molecule has 4 aliphatic heterocycles. The number of fused-ring (bicyclic) bond motifs is 6. The molecule has 55 heteroatoms. The molecule has 0 unspecified atom stereocenters. The van der Waals surface area contributed by atoms with Gasteiger partial charge in [-0.1, -0.05) is 58.0 Å². The van der Waals surface area contributed by atoms with Crippen LogP contribution in [0.25, 0.3) is 10.9 Å². The predicted molar refractivity (Wildman–Crippen MR) is 528 cm³/mol. The zero-order chi connectivity index (χ0) is 107. The molecule has 0 radical (unpaired) electrons. The number of aliphatic carboxylic acids is 2. The Kier molecular flexibility index (Phi) is 46.5. The minimum absolute atomic E-state index is 0.000861. The molecular formula is C90H129N25O26S4. The second-order valence-electron chi connectivity index (χ2n) is 35.6.